The minimum Gasteiger partial charge on any atom is -0.420 e. The summed E-state index contributed by atoms with van der Waals surface area (Å²) in [5.74, 6) is 0.967. The van der Waals surface area contributed by atoms with Crippen LogP contribution in [0.25, 0.3) is 22.4 Å². The van der Waals surface area contributed by atoms with Crippen LogP contribution in [0, 0.1) is 0 Å². The molecule has 0 amide bonds. The average Bonchev–Trinajstić information content (AvgIpc) is 3.17. The van der Waals surface area contributed by atoms with E-state index in [9.17, 15) is 4.79 Å². The molecule has 30 heavy (non-hydrogen) atoms. The first-order chi connectivity index (χ1) is 14.5. The minimum atomic E-state index is -0.168. The van der Waals surface area contributed by atoms with E-state index >= 15 is 0 Å². The second-order valence-corrected chi connectivity index (χ2v) is 8.40. The molecular weight excluding hydrogens is 467 g/mol. The van der Waals surface area contributed by atoms with Crippen LogP contribution in [0.15, 0.2) is 63.4 Å². The molecule has 152 valence electrons. The van der Waals surface area contributed by atoms with Crippen molar-refractivity contribution in [1.29, 1.82) is 0 Å². The molecule has 6 nitrogen and oxygen atoms in total. The second-order valence-electron chi connectivity index (χ2n) is 6.17. The van der Waals surface area contributed by atoms with Gasteiger partial charge in [0.05, 0.1) is 27.2 Å². The SMILES string of the molecule is C=CCn1c(SCc2nnc(-c3ccc(Cl)cc3Cl)o2)nc2cc(Cl)ccc2c1=O. The number of halogens is 3. The monoisotopic (exact) mass is 478 g/mol. The molecule has 0 radical (unpaired) electrons. The van der Waals surface area contributed by atoms with Gasteiger partial charge >= 0.3 is 0 Å². The Balaban J connectivity index is 1.63. The first-order valence-electron chi connectivity index (χ1n) is 8.68. The Bertz CT molecular complexity index is 1320. The Morgan fingerprint density at radius 1 is 1.10 bits per heavy atom. The third-order valence-electron chi connectivity index (χ3n) is 4.15. The van der Waals surface area contributed by atoms with Gasteiger partial charge in [-0.25, -0.2) is 4.98 Å². The summed E-state index contributed by atoms with van der Waals surface area (Å²) < 4.78 is 7.26. The number of hydrogen-bond donors (Lipinski definition) is 0. The summed E-state index contributed by atoms with van der Waals surface area (Å²) in [6.07, 6.45) is 1.64. The third-order valence-corrected chi connectivity index (χ3v) is 5.89. The highest BCUT2D eigenvalue weighted by molar-refractivity contribution is 7.98. The van der Waals surface area contributed by atoms with E-state index in [2.05, 4.69) is 21.8 Å². The predicted octanol–water partition coefficient (Wildman–Crippen LogP) is 5.89. The maximum absolute atomic E-state index is 12.9. The highest BCUT2D eigenvalue weighted by Crippen LogP contribution is 2.30. The molecule has 0 spiro atoms. The van der Waals surface area contributed by atoms with Crippen molar-refractivity contribution in [2.75, 3.05) is 0 Å². The summed E-state index contributed by atoms with van der Waals surface area (Å²) in [6, 6.07) is 10.0. The lowest BCUT2D eigenvalue weighted by atomic mass is 10.2. The third kappa shape index (κ3) is 4.25. The molecule has 0 fully saturated rings. The lowest BCUT2D eigenvalue weighted by molar-refractivity contribution is 0.528. The van der Waals surface area contributed by atoms with Crippen LogP contribution in [0.2, 0.25) is 15.1 Å². The van der Waals surface area contributed by atoms with Gasteiger partial charge in [0.25, 0.3) is 5.56 Å². The number of aromatic nitrogens is 4. The fraction of sp³-hybridized carbons (Fsp3) is 0.100. The highest BCUT2D eigenvalue weighted by Gasteiger charge is 2.15. The quantitative estimate of drug-likeness (QED) is 0.195. The largest absolute Gasteiger partial charge is 0.420 e. The van der Waals surface area contributed by atoms with Crippen molar-refractivity contribution < 1.29 is 4.42 Å². The van der Waals surface area contributed by atoms with E-state index in [0.29, 0.717) is 54.9 Å². The van der Waals surface area contributed by atoms with Gasteiger partial charge in [0.2, 0.25) is 11.8 Å². The molecule has 0 aliphatic heterocycles. The van der Waals surface area contributed by atoms with Crippen LogP contribution in [0.4, 0.5) is 0 Å². The maximum Gasteiger partial charge on any atom is 0.262 e. The first-order valence-corrected chi connectivity index (χ1v) is 10.8. The van der Waals surface area contributed by atoms with Crippen molar-refractivity contribution in [3.8, 4) is 11.5 Å². The van der Waals surface area contributed by atoms with Crippen molar-refractivity contribution in [2.24, 2.45) is 0 Å². The second kappa shape index (κ2) is 8.81. The Morgan fingerprint density at radius 2 is 1.87 bits per heavy atom. The Labute approximate surface area is 190 Å². The molecule has 2 aromatic carbocycles. The molecule has 2 heterocycles. The first kappa shape index (κ1) is 20.9. The minimum absolute atomic E-state index is 0.168. The molecule has 0 saturated carbocycles. The summed E-state index contributed by atoms with van der Waals surface area (Å²) in [6.45, 7) is 4.04. The van der Waals surface area contributed by atoms with Gasteiger partial charge in [-0.15, -0.1) is 16.8 Å². The molecule has 4 aromatic rings. The number of hydrogen-bond acceptors (Lipinski definition) is 6. The van der Waals surface area contributed by atoms with Crippen LogP contribution in [0.1, 0.15) is 5.89 Å². The van der Waals surface area contributed by atoms with Gasteiger partial charge in [0.1, 0.15) is 0 Å². The van der Waals surface area contributed by atoms with Gasteiger partial charge in [0.15, 0.2) is 5.16 Å². The average molecular weight is 480 g/mol. The van der Waals surface area contributed by atoms with Crippen LogP contribution in [-0.4, -0.2) is 19.7 Å². The zero-order valence-corrected chi connectivity index (χ0v) is 18.4. The number of allylic oxidation sites excluding steroid dienone is 1. The Kier molecular flexibility index (Phi) is 6.15. The fourth-order valence-corrected chi connectivity index (χ4v) is 4.29. The maximum atomic E-state index is 12.9. The van der Waals surface area contributed by atoms with Crippen molar-refractivity contribution in [3.05, 3.63) is 80.4 Å². The van der Waals surface area contributed by atoms with E-state index in [-0.39, 0.29) is 11.4 Å². The lowest BCUT2D eigenvalue weighted by Gasteiger charge is -2.10. The summed E-state index contributed by atoms with van der Waals surface area (Å²) in [4.78, 5) is 17.4. The number of rotatable bonds is 6. The van der Waals surface area contributed by atoms with Crippen LogP contribution >= 0.6 is 46.6 Å². The number of fused-ring (bicyclic) bond motifs is 1. The molecule has 4 rings (SSSR count). The Morgan fingerprint density at radius 3 is 2.63 bits per heavy atom. The molecule has 10 heteroatoms. The molecule has 0 aliphatic carbocycles. The fourth-order valence-electron chi connectivity index (χ4n) is 2.78. The van der Waals surface area contributed by atoms with Gasteiger partial charge in [-0.3, -0.25) is 9.36 Å². The van der Waals surface area contributed by atoms with Gasteiger partial charge in [-0.05, 0) is 36.4 Å². The number of nitrogens with zero attached hydrogens (tertiary/aromatic N) is 4. The smallest absolute Gasteiger partial charge is 0.262 e. The molecule has 0 N–H and O–H groups in total. The zero-order valence-electron chi connectivity index (χ0n) is 15.3. The van der Waals surface area contributed by atoms with Crippen LogP contribution in [0.5, 0.6) is 0 Å². The van der Waals surface area contributed by atoms with Gasteiger partial charge in [-0.2, -0.15) is 0 Å². The molecule has 0 saturated heterocycles. The van der Waals surface area contributed by atoms with E-state index in [4.69, 9.17) is 39.2 Å². The normalized spacial score (nSPS) is 11.2. The standard InChI is InChI=1S/C20H13Cl3N4O2S/c1-2-7-27-19(28)14-6-4-12(22)9-16(14)24-20(27)30-10-17-25-26-18(29-17)13-5-3-11(21)8-15(13)23/h2-6,8-9H,1,7,10H2. The summed E-state index contributed by atoms with van der Waals surface area (Å²) in [5, 5.41) is 10.5. The van der Waals surface area contributed by atoms with Crippen molar-refractivity contribution in [3.63, 3.8) is 0 Å². The molecule has 0 bridgehead atoms. The molecule has 0 atom stereocenters. The topological polar surface area (TPSA) is 73.8 Å². The van der Waals surface area contributed by atoms with Crippen molar-refractivity contribution in [1.82, 2.24) is 19.7 Å². The van der Waals surface area contributed by atoms with Crippen LogP contribution < -0.4 is 5.56 Å². The van der Waals surface area contributed by atoms with E-state index in [1.54, 1.807) is 47.0 Å². The van der Waals surface area contributed by atoms with Gasteiger partial charge in [0, 0.05) is 16.6 Å². The summed E-state index contributed by atoms with van der Waals surface area (Å²) in [7, 11) is 0. The highest BCUT2D eigenvalue weighted by atomic mass is 35.5. The van der Waals surface area contributed by atoms with E-state index in [1.807, 2.05) is 0 Å². The Hall–Kier alpha value is -2.32. The predicted molar refractivity (Wildman–Crippen MR) is 121 cm³/mol. The molecule has 0 aliphatic rings. The van der Waals surface area contributed by atoms with Crippen LogP contribution in [-0.2, 0) is 12.3 Å². The van der Waals surface area contributed by atoms with E-state index in [0.717, 1.165) is 0 Å². The van der Waals surface area contributed by atoms with Gasteiger partial charge < -0.3 is 4.42 Å². The molecule has 0 unspecified atom stereocenters. The number of thioether (sulfide) groups is 1. The van der Waals surface area contributed by atoms with E-state index in [1.165, 1.54) is 11.8 Å². The molecule has 2 aromatic heterocycles. The summed E-state index contributed by atoms with van der Waals surface area (Å²) in [5.41, 5.74) is 0.944. The van der Waals surface area contributed by atoms with Gasteiger partial charge in [-0.1, -0.05) is 52.6 Å². The zero-order chi connectivity index (χ0) is 21.3. The van der Waals surface area contributed by atoms with Crippen molar-refractivity contribution >= 4 is 57.5 Å². The van der Waals surface area contributed by atoms with Crippen LogP contribution in [0.3, 0.4) is 0 Å². The lowest BCUT2D eigenvalue weighted by Crippen LogP contribution is -2.22. The molecular formula is C20H13Cl3N4O2S. The van der Waals surface area contributed by atoms with E-state index < -0.39 is 0 Å². The number of benzene rings is 2. The van der Waals surface area contributed by atoms with Crippen molar-refractivity contribution in [2.45, 2.75) is 17.5 Å². The summed E-state index contributed by atoms with van der Waals surface area (Å²) >= 11 is 19.5.